The first kappa shape index (κ1) is 10.3. The van der Waals surface area contributed by atoms with Crippen molar-refractivity contribution in [3.63, 3.8) is 0 Å². The van der Waals surface area contributed by atoms with Crippen molar-refractivity contribution >= 4 is 5.91 Å². The van der Waals surface area contributed by atoms with E-state index in [0.717, 1.165) is 6.42 Å². The lowest BCUT2D eigenvalue weighted by Crippen LogP contribution is -2.35. The number of hydrogen-bond donors (Lipinski definition) is 1. The van der Waals surface area contributed by atoms with Gasteiger partial charge >= 0.3 is 0 Å². The summed E-state index contributed by atoms with van der Waals surface area (Å²) < 4.78 is 1.44. The van der Waals surface area contributed by atoms with Gasteiger partial charge in [-0.2, -0.15) is 0 Å². The molecule has 0 spiro atoms. The third-order valence-corrected chi connectivity index (χ3v) is 1.72. The number of nitrogens with zero attached hydrogens (tertiary/aromatic N) is 3. The molecule has 1 heterocycles. The molecule has 14 heavy (non-hydrogen) atoms. The van der Waals surface area contributed by atoms with Gasteiger partial charge in [0.25, 0.3) is 0 Å². The largest absolute Gasteiger partial charge is 0.341 e. The van der Waals surface area contributed by atoms with Gasteiger partial charge in [0.2, 0.25) is 5.91 Å². The Labute approximate surface area is 82.5 Å². The number of carbonyl (C=O) groups is 1. The van der Waals surface area contributed by atoms with Crippen LogP contribution in [0.4, 0.5) is 0 Å². The summed E-state index contributed by atoms with van der Waals surface area (Å²) in [6, 6.07) is -0.203. The van der Waals surface area contributed by atoms with E-state index in [9.17, 15) is 4.79 Å². The molecule has 0 aliphatic rings. The average Bonchev–Trinajstić information content (AvgIpc) is 2.66. The first-order chi connectivity index (χ1) is 6.76. The molecule has 0 aromatic carbocycles. The highest BCUT2D eigenvalue weighted by atomic mass is 16.2. The van der Waals surface area contributed by atoms with Crippen LogP contribution in [-0.4, -0.2) is 26.9 Å². The van der Waals surface area contributed by atoms with Crippen molar-refractivity contribution in [2.45, 2.75) is 25.9 Å². The van der Waals surface area contributed by atoms with E-state index >= 15 is 0 Å². The van der Waals surface area contributed by atoms with Crippen molar-refractivity contribution in [3.8, 4) is 12.3 Å². The molecule has 0 radical (unpaired) electrons. The molecule has 1 amide bonds. The van der Waals surface area contributed by atoms with Crippen molar-refractivity contribution < 1.29 is 4.79 Å². The van der Waals surface area contributed by atoms with Crippen molar-refractivity contribution in [2.24, 2.45) is 0 Å². The molecule has 5 nitrogen and oxygen atoms in total. The fourth-order valence-corrected chi connectivity index (χ4v) is 0.966. The minimum absolute atomic E-state index is 0.151. The van der Waals surface area contributed by atoms with Gasteiger partial charge < -0.3 is 5.32 Å². The Hall–Kier alpha value is -1.83. The maximum atomic E-state index is 11.3. The second-order valence-corrected chi connectivity index (χ2v) is 2.80. The second-order valence-electron chi connectivity index (χ2n) is 2.80. The number of nitrogens with one attached hydrogen (secondary N) is 1. The van der Waals surface area contributed by atoms with Crippen molar-refractivity contribution in [2.75, 3.05) is 0 Å². The molecule has 1 aromatic heterocycles. The molecule has 1 rings (SSSR count). The summed E-state index contributed by atoms with van der Waals surface area (Å²) in [6.45, 7) is 2.07. The van der Waals surface area contributed by atoms with E-state index < -0.39 is 0 Å². The van der Waals surface area contributed by atoms with E-state index in [1.807, 2.05) is 6.92 Å². The number of rotatable bonds is 4. The zero-order valence-electron chi connectivity index (χ0n) is 7.97. The summed E-state index contributed by atoms with van der Waals surface area (Å²) in [4.78, 5) is 11.3. The Kier molecular flexibility index (Phi) is 3.68. The monoisotopic (exact) mass is 192 g/mol. The predicted octanol–water partition coefficient (Wildman–Crippen LogP) is -0.194. The fourth-order valence-electron chi connectivity index (χ4n) is 0.966. The van der Waals surface area contributed by atoms with Crippen LogP contribution in [0.5, 0.6) is 0 Å². The topological polar surface area (TPSA) is 59.8 Å². The molecule has 0 aliphatic heterocycles. The second kappa shape index (κ2) is 5.02. The first-order valence-corrected chi connectivity index (χ1v) is 4.36. The summed E-state index contributed by atoms with van der Waals surface area (Å²) in [5.74, 6) is 2.33. The molecule has 0 fully saturated rings. The van der Waals surface area contributed by atoms with Crippen LogP contribution in [0.15, 0.2) is 12.4 Å². The fraction of sp³-hybridized carbons (Fsp3) is 0.444. The molecule has 5 heteroatoms. The van der Waals surface area contributed by atoms with Gasteiger partial charge in [-0.05, 0) is 6.42 Å². The van der Waals surface area contributed by atoms with E-state index in [-0.39, 0.29) is 18.5 Å². The third kappa shape index (κ3) is 2.90. The molecule has 0 saturated carbocycles. The minimum atomic E-state index is -0.203. The maximum Gasteiger partial charge on any atom is 0.242 e. The first-order valence-electron chi connectivity index (χ1n) is 4.36. The number of terminal acetylenes is 1. The van der Waals surface area contributed by atoms with Crippen LogP contribution in [0.1, 0.15) is 13.3 Å². The molecule has 0 aliphatic carbocycles. The Morgan fingerprint density at radius 2 is 2.57 bits per heavy atom. The summed E-state index contributed by atoms with van der Waals surface area (Å²) in [5.41, 5.74) is 0. The Balaban J connectivity index is 2.40. The number of carbonyl (C=O) groups excluding carboxylic acids is 1. The zero-order valence-corrected chi connectivity index (χ0v) is 7.97. The van der Waals surface area contributed by atoms with Gasteiger partial charge in [-0.25, -0.2) is 4.68 Å². The van der Waals surface area contributed by atoms with Gasteiger partial charge in [0.15, 0.2) is 0 Å². The van der Waals surface area contributed by atoms with Crippen LogP contribution in [0.25, 0.3) is 0 Å². The minimum Gasteiger partial charge on any atom is -0.341 e. The van der Waals surface area contributed by atoms with Gasteiger partial charge in [-0.1, -0.05) is 18.1 Å². The smallest absolute Gasteiger partial charge is 0.242 e. The third-order valence-electron chi connectivity index (χ3n) is 1.72. The van der Waals surface area contributed by atoms with Crippen LogP contribution >= 0.6 is 0 Å². The molecular formula is C9H12N4O. The van der Waals surface area contributed by atoms with Crippen molar-refractivity contribution in [1.29, 1.82) is 0 Å². The highest BCUT2D eigenvalue weighted by Gasteiger charge is 2.07. The average molecular weight is 192 g/mol. The Morgan fingerprint density at radius 1 is 1.79 bits per heavy atom. The standard InChI is InChI=1S/C9H12N4O/c1-3-8(4-2)11-9(14)7-13-6-5-10-12-13/h1,5-6,8H,4,7H2,2H3,(H,11,14). The molecule has 1 aromatic rings. The van der Waals surface area contributed by atoms with Crippen molar-refractivity contribution in [1.82, 2.24) is 20.3 Å². The molecule has 0 saturated heterocycles. The van der Waals surface area contributed by atoms with E-state index in [1.165, 1.54) is 10.9 Å². The normalized spacial score (nSPS) is 11.7. The van der Waals surface area contributed by atoms with Gasteiger partial charge in [0.05, 0.1) is 12.2 Å². The molecular weight excluding hydrogens is 180 g/mol. The molecule has 1 unspecified atom stereocenters. The summed E-state index contributed by atoms with van der Waals surface area (Å²) in [7, 11) is 0. The van der Waals surface area contributed by atoms with Crippen LogP contribution in [0.3, 0.4) is 0 Å². The van der Waals surface area contributed by atoms with Crippen molar-refractivity contribution in [3.05, 3.63) is 12.4 Å². The summed E-state index contributed by atoms with van der Waals surface area (Å²) in [6.07, 6.45) is 9.07. The Bertz CT molecular complexity index is 325. The highest BCUT2D eigenvalue weighted by Crippen LogP contribution is 1.89. The highest BCUT2D eigenvalue weighted by molar-refractivity contribution is 5.76. The van der Waals surface area contributed by atoms with Gasteiger partial charge in [0.1, 0.15) is 6.54 Å². The number of aromatic nitrogens is 3. The lowest BCUT2D eigenvalue weighted by atomic mass is 10.2. The molecule has 0 bridgehead atoms. The van der Waals surface area contributed by atoms with Gasteiger partial charge in [-0.3, -0.25) is 4.79 Å². The van der Waals surface area contributed by atoms with E-state index in [1.54, 1.807) is 6.20 Å². The molecule has 1 atom stereocenters. The van der Waals surface area contributed by atoms with Crippen LogP contribution in [0, 0.1) is 12.3 Å². The van der Waals surface area contributed by atoms with Crippen LogP contribution < -0.4 is 5.32 Å². The quantitative estimate of drug-likeness (QED) is 0.672. The maximum absolute atomic E-state index is 11.3. The molecule has 74 valence electrons. The lowest BCUT2D eigenvalue weighted by molar-refractivity contribution is -0.122. The lowest BCUT2D eigenvalue weighted by Gasteiger charge is -2.09. The Morgan fingerprint density at radius 3 is 3.07 bits per heavy atom. The predicted molar refractivity (Wildman–Crippen MR) is 51.1 cm³/mol. The zero-order chi connectivity index (χ0) is 10.4. The van der Waals surface area contributed by atoms with E-state index in [0.29, 0.717) is 0 Å². The van der Waals surface area contributed by atoms with E-state index in [4.69, 9.17) is 6.42 Å². The van der Waals surface area contributed by atoms with Crippen LogP contribution in [0.2, 0.25) is 0 Å². The summed E-state index contributed by atoms with van der Waals surface area (Å²) >= 11 is 0. The summed E-state index contributed by atoms with van der Waals surface area (Å²) in [5, 5.41) is 9.95. The number of amides is 1. The van der Waals surface area contributed by atoms with E-state index in [2.05, 4.69) is 21.5 Å². The van der Waals surface area contributed by atoms with Gasteiger partial charge in [0, 0.05) is 6.20 Å². The number of hydrogen-bond acceptors (Lipinski definition) is 3. The van der Waals surface area contributed by atoms with Crippen LogP contribution in [-0.2, 0) is 11.3 Å². The molecule has 1 N–H and O–H groups in total. The van der Waals surface area contributed by atoms with Gasteiger partial charge in [-0.15, -0.1) is 11.5 Å². The SMILES string of the molecule is C#CC(CC)NC(=O)Cn1ccnn1.